The number of hydrogen-bond donors (Lipinski definition) is 4. The zero-order valence-electron chi connectivity index (χ0n) is 43.9. The van der Waals surface area contributed by atoms with Gasteiger partial charge in [-0.15, -0.1) is 0 Å². The molecule has 6 atom stereocenters. The molecule has 1 saturated heterocycles. The number of esters is 2. The van der Waals surface area contributed by atoms with Gasteiger partial charge in [0, 0.05) is 12.8 Å². The predicted octanol–water partition coefficient (Wildman–Crippen LogP) is 14.5. The van der Waals surface area contributed by atoms with Crippen molar-refractivity contribution in [3.63, 3.8) is 0 Å². The molecule has 0 bridgehead atoms. The van der Waals surface area contributed by atoms with Crippen molar-refractivity contribution in [3.8, 4) is 0 Å². The van der Waals surface area contributed by atoms with Crippen LogP contribution in [0.25, 0.3) is 0 Å². The maximum Gasteiger partial charge on any atom is 0.306 e. The quantitative estimate of drug-likeness (QED) is 0.0342. The largest absolute Gasteiger partial charge is 0.462 e. The lowest BCUT2D eigenvalue weighted by Gasteiger charge is -2.39. The summed E-state index contributed by atoms with van der Waals surface area (Å²) in [5.74, 6) is -0.781. The summed E-state index contributed by atoms with van der Waals surface area (Å²) in [7, 11) is 0. The Morgan fingerprint density at radius 1 is 0.403 bits per heavy atom. The molecule has 0 aromatic carbocycles. The fourth-order valence-electron chi connectivity index (χ4n) is 9.43. The van der Waals surface area contributed by atoms with E-state index in [-0.39, 0.29) is 32.0 Å². The summed E-state index contributed by atoms with van der Waals surface area (Å²) < 4.78 is 22.3. The standard InChI is InChI=1S/C57H110O10/c1-3-5-7-9-11-13-15-17-19-21-23-25-26-28-30-32-34-36-38-40-42-44-46-53(60)66-50(49-65-57-56(63)55(62)54(61)51(47-58)67-57)48-64-52(59)45-43-41-39-37-35-33-31-29-27-24-22-20-18-16-14-12-10-8-6-4-2/h50-51,54-58,61-63H,3-49H2,1-2H3. The molecule has 1 heterocycles. The number of aliphatic hydroxyl groups excluding tert-OH is 4. The highest BCUT2D eigenvalue weighted by Crippen LogP contribution is 2.23. The third-order valence-electron chi connectivity index (χ3n) is 14.0. The van der Waals surface area contributed by atoms with Gasteiger partial charge in [-0.25, -0.2) is 0 Å². The van der Waals surface area contributed by atoms with Gasteiger partial charge in [-0.3, -0.25) is 9.59 Å². The van der Waals surface area contributed by atoms with Crippen LogP contribution in [0.3, 0.4) is 0 Å². The second-order valence-corrected chi connectivity index (χ2v) is 20.5. The van der Waals surface area contributed by atoms with Crippen LogP contribution in [0.5, 0.6) is 0 Å². The van der Waals surface area contributed by atoms with Crippen molar-refractivity contribution in [1.29, 1.82) is 0 Å². The summed E-state index contributed by atoms with van der Waals surface area (Å²) in [4.78, 5) is 25.5. The highest BCUT2D eigenvalue weighted by molar-refractivity contribution is 5.70. The zero-order valence-corrected chi connectivity index (χ0v) is 43.9. The second kappa shape index (κ2) is 48.3. The van der Waals surface area contributed by atoms with Crippen LogP contribution in [0, 0.1) is 0 Å². The summed E-state index contributed by atoms with van der Waals surface area (Å²) in [6, 6.07) is 0. The van der Waals surface area contributed by atoms with Crippen LogP contribution in [0.4, 0.5) is 0 Å². The Labute approximate surface area is 412 Å². The monoisotopic (exact) mass is 955 g/mol. The first-order valence-electron chi connectivity index (χ1n) is 29.1. The third kappa shape index (κ3) is 39.1. The first-order valence-corrected chi connectivity index (χ1v) is 29.1. The lowest BCUT2D eigenvalue weighted by molar-refractivity contribution is -0.305. The molecule has 0 aliphatic carbocycles. The van der Waals surface area contributed by atoms with Gasteiger partial charge < -0.3 is 39.4 Å². The summed E-state index contributed by atoms with van der Waals surface area (Å²) in [5, 5.41) is 40.3. The van der Waals surface area contributed by atoms with Gasteiger partial charge in [0.1, 0.15) is 31.0 Å². The van der Waals surface area contributed by atoms with Crippen LogP contribution >= 0.6 is 0 Å². The van der Waals surface area contributed by atoms with Gasteiger partial charge in [-0.1, -0.05) is 271 Å². The van der Waals surface area contributed by atoms with E-state index in [2.05, 4.69) is 13.8 Å². The topological polar surface area (TPSA) is 152 Å². The number of ether oxygens (including phenoxy) is 4. The average molecular weight is 955 g/mol. The van der Waals surface area contributed by atoms with Crippen molar-refractivity contribution in [2.24, 2.45) is 0 Å². The molecule has 0 spiro atoms. The molecule has 0 aromatic rings. The van der Waals surface area contributed by atoms with Gasteiger partial charge >= 0.3 is 11.9 Å². The Bertz CT molecular complexity index is 1060. The van der Waals surface area contributed by atoms with E-state index in [1.165, 1.54) is 231 Å². The lowest BCUT2D eigenvalue weighted by Crippen LogP contribution is -2.59. The predicted molar refractivity (Wildman–Crippen MR) is 275 cm³/mol. The molecule has 4 N–H and O–H groups in total. The van der Waals surface area contributed by atoms with Crippen LogP contribution in [-0.4, -0.2) is 89.0 Å². The Balaban J connectivity index is 2.18. The molecule has 6 unspecified atom stereocenters. The van der Waals surface area contributed by atoms with Crippen molar-refractivity contribution in [3.05, 3.63) is 0 Å². The number of aliphatic hydroxyl groups is 4. The molecule has 1 fully saturated rings. The number of unbranched alkanes of at least 4 members (excludes halogenated alkanes) is 40. The van der Waals surface area contributed by atoms with Crippen LogP contribution < -0.4 is 0 Å². The van der Waals surface area contributed by atoms with Crippen LogP contribution in [-0.2, 0) is 28.5 Å². The average Bonchev–Trinajstić information content (AvgIpc) is 3.33. The summed E-state index contributed by atoms with van der Waals surface area (Å²) >= 11 is 0. The number of carbonyl (C=O) groups excluding carboxylic acids is 2. The number of hydrogen-bond acceptors (Lipinski definition) is 10. The van der Waals surface area contributed by atoms with E-state index in [1.807, 2.05) is 0 Å². The first kappa shape index (κ1) is 63.7. The highest BCUT2D eigenvalue weighted by Gasteiger charge is 2.44. The number of carbonyl (C=O) groups is 2. The van der Waals surface area contributed by atoms with E-state index in [4.69, 9.17) is 18.9 Å². The van der Waals surface area contributed by atoms with Gasteiger partial charge in [-0.05, 0) is 12.8 Å². The van der Waals surface area contributed by atoms with Crippen molar-refractivity contribution in [2.75, 3.05) is 19.8 Å². The minimum absolute atomic E-state index is 0.208. The highest BCUT2D eigenvalue weighted by atomic mass is 16.7. The molecule has 1 rings (SSSR count). The first-order chi connectivity index (χ1) is 32.8. The van der Waals surface area contributed by atoms with Gasteiger partial charge in [0.25, 0.3) is 0 Å². The molecule has 0 saturated carbocycles. The van der Waals surface area contributed by atoms with Crippen molar-refractivity contribution >= 4 is 11.9 Å². The second-order valence-electron chi connectivity index (χ2n) is 20.5. The van der Waals surface area contributed by atoms with Crippen LogP contribution in [0.15, 0.2) is 0 Å². The lowest BCUT2D eigenvalue weighted by atomic mass is 9.99. The van der Waals surface area contributed by atoms with E-state index in [0.717, 1.165) is 32.1 Å². The molecule has 1 aliphatic heterocycles. The van der Waals surface area contributed by atoms with Gasteiger partial charge in [0.15, 0.2) is 12.4 Å². The van der Waals surface area contributed by atoms with Crippen LogP contribution in [0.1, 0.15) is 296 Å². The molecule has 10 nitrogen and oxygen atoms in total. The summed E-state index contributed by atoms with van der Waals surface area (Å²) in [6.45, 7) is 3.50. The molecule has 10 heteroatoms. The molecule has 0 amide bonds. The van der Waals surface area contributed by atoms with Crippen molar-refractivity contribution in [2.45, 2.75) is 333 Å². The maximum absolute atomic E-state index is 12.9. The molecule has 0 radical (unpaired) electrons. The maximum atomic E-state index is 12.9. The fraction of sp³-hybridized carbons (Fsp3) is 0.965. The van der Waals surface area contributed by atoms with Gasteiger partial charge in [0.05, 0.1) is 13.2 Å². The Morgan fingerprint density at radius 2 is 0.701 bits per heavy atom. The van der Waals surface area contributed by atoms with E-state index in [0.29, 0.717) is 6.42 Å². The smallest absolute Gasteiger partial charge is 0.306 e. The molecular weight excluding hydrogens is 845 g/mol. The minimum atomic E-state index is -1.59. The van der Waals surface area contributed by atoms with Crippen LogP contribution in [0.2, 0.25) is 0 Å². The fourth-order valence-corrected chi connectivity index (χ4v) is 9.43. The van der Waals surface area contributed by atoms with E-state index in [9.17, 15) is 30.0 Å². The normalized spacial score (nSPS) is 18.9. The third-order valence-corrected chi connectivity index (χ3v) is 14.0. The minimum Gasteiger partial charge on any atom is -0.462 e. The van der Waals surface area contributed by atoms with Crippen molar-refractivity contribution in [1.82, 2.24) is 0 Å². The summed E-state index contributed by atoms with van der Waals surface area (Å²) in [6.07, 6.45) is 46.9. The molecule has 398 valence electrons. The number of rotatable bonds is 51. The molecular formula is C57H110O10. The molecule has 1 aliphatic rings. The van der Waals surface area contributed by atoms with Gasteiger partial charge in [0.2, 0.25) is 0 Å². The Kier molecular flexibility index (Phi) is 46.0. The Morgan fingerprint density at radius 3 is 1.01 bits per heavy atom. The van der Waals surface area contributed by atoms with Crippen molar-refractivity contribution < 1.29 is 49.0 Å². The Hall–Kier alpha value is -1.30. The SMILES string of the molecule is CCCCCCCCCCCCCCCCCCCCCCCCC(=O)OC(COC(=O)CCCCCCCCCCCCCCCCCCCCCC)COC1OC(CO)C(O)C(O)C1O. The van der Waals surface area contributed by atoms with Gasteiger partial charge in [-0.2, -0.15) is 0 Å². The van der Waals surface area contributed by atoms with E-state index in [1.54, 1.807) is 0 Å². The summed E-state index contributed by atoms with van der Waals surface area (Å²) in [5.41, 5.74) is 0. The molecule has 67 heavy (non-hydrogen) atoms. The molecule has 0 aromatic heterocycles. The van der Waals surface area contributed by atoms with E-state index >= 15 is 0 Å². The van der Waals surface area contributed by atoms with E-state index < -0.39 is 49.4 Å². The zero-order chi connectivity index (χ0) is 48.7.